The fourth-order valence-corrected chi connectivity index (χ4v) is 0.390. The molecule has 1 unspecified atom stereocenters. The van der Waals surface area contributed by atoms with E-state index in [1.54, 1.807) is 13.0 Å². The van der Waals surface area contributed by atoms with Gasteiger partial charge in [-0.2, -0.15) is 0 Å². The van der Waals surface area contributed by atoms with Gasteiger partial charge in [0.05, 0.1) is 0 Å². The van der Waals surface area contributed by atoms with Crippen LogP contribution in [0.15, 0.2) is 10.6 Å². The van der Waals surface area contributed by atoms with E-state index in [1.165, 1.54) is 0 Å². The lowest BCUT2D eigenvalue weighted by atomic mass is 10.6. The van der Waals surface area contributed by atoms with E-state index in [2.05, 4.69) is 31.9 Å². The first-order valence-electron chi connectivity index (χ1n) is 1.78. The molecule has 3 heteroatoms. The van der Waals surface area contributed by atoms with E-state index in [0.717, 1.165) is 0 Å². The van der Waals surface area contributed by atoms with E-state index in [9.17, 15) is 4.39 Å². The fourth-order valence-electron chi connectivity index (χ4n) is 0.126. The van der Waals surface area contributed by atoms with Crippen LogP contribution in [0.4, 0.5) is 4.39 Å². The second kappa shape index (κ2) is 3.61. The van der Waals surface area contributed by atoms with Gasteiger partial charge in [-0.05, 0) is 22.9 Å². The molecule has 0 aliphatic heterocycles. The van der Waals surface area contributed by atoms with Crippen molar-refractivity contribution in [2.24, 2.45) is 0 Å². The molecule has 0 aromatic rings. The minimum atomic E-state index is -1.04. The van der Waals surface area contributed by atoms with Crippen molar-refractivity contribution >= 4 is 31.9 Å². The highest BCUT2D eigenvalue weighted by Gasteiger charge is 2.00. The van der Waals surface area contributed by atoms with Gasteiger partial charge < -0.3 is 0 Å². The number of hydrogen-bond donors (Lipinski definition) is 0. The first-order chi connectivity index (χ1) is 3.18. The van der Waals surface area contributed by atoms with Crippen molar-refractivity contribution in [3.63, 3.8) is 0 Å². The van der Waals surface area contributed by atoms with Gasteiger partial charge in [-0.3, -0.25) is 0 Å². The maximum Gasteiger partial charge on any atom is 0.186 e. The molecule has 0 aliphatic rings. The minimum absolute atomic E-state index is 0.535. The minimum Gasteiger partial charge on any atom is -0.229 e. The Morgan fingerprint density at radius 1 is 1.86 bits per heavy atom. The third kappa shape index (κ3) is 3.23. The molecule has 0 amide bonds. The SMILES string of the molecule is CC=C(Br)C(F)Br. The molecule has 0 aromatic heterocycles. The molecule has 0 bridgehead atoms. The molecule has 0 nitrogen and oxygen atoms in total. The van der Waals surface area contributed by atoms with Crippen LogP contribution < -0.4 is 0 Å². The smallest absolute Gasteiger partial charge is 0.186 e. The van der Waals surface area contributed by atoms with Crippen LogP contribution in [0.2, 0.25) is 0 Å². The lowest BCUT2D eigenvalue weighted by molar-refractivity contribution is 0.525. The summed E-state index contributed by atoms with van der Waals surface area (Å²) in [5, 5.41) is -1.04. The monoisotopic (exact) mass is 230 g/mol. The van der Waals surface area contributed by atoms with E-state index in [1.807, 2.05) is 0 Å². The molecular weight excluding hydrogens is 227 g/mol. The average Bonchev–Trinajstić information content (AvgIpc) is 1.65. The Morgan fingerprint density at radius 3 is 2.29 bits per heavy atom. The number of rotatable bonds is 1. The third-order valence-corrected chi connectivity index (χ3v) is 2.45. The van der Waals surface area contributed by atoms with E-state index in [4.69, 9.17) is 0 Å². The van der Waals surface area contributed by atoms with Crippen LogP contribution >= 0.6 is 31.9 Å². The molecule has 0 heterocycles. The molecule has 0 saturated heterocycles. The fraction of sp³-hybridized carbons (Fsp3) is 0.500. The van der Waals surface area contributed by atoms with Crippen LogP contribution in [-0.4, -0.2) is 5.08 Å². The number of alkyl halides is 2. The molecular formula is C4H5Br2F. The summed E-state index contributed by atoms with van der Waals surface area (Å²) >= 11 is 5.70. The molecule has 7 heavy (non-hydrogen) atoms. The summed E-state index contributed by atoms with van der Waals surface area (Å²) in [7, 11) is 0. The normalized spacial score (nSPS) is 16.9. The van der Waals surface area contributed by atoms with Crippen molar-refractivity contribution in [2.75, 3.05) is 0 Å². The Hall–Kier alpha value is 0.630. The van der Waals surface area contributed by atoms with Gasteiger partial charge in [0.15, 0.2) is 5.08 Å². The van der Waals surface area contributed by atoms with Gasteiger partial charge in [0.25, 0.3) is 0 Å². The van der Waals surface area contributed by atoms with Gasteiger partial charge in [0.2, 0.25) is 0 Å². The zero-order valence-corrected chi connectivity index (χ0v) is 6.96. The van der Waals surface area contributed by atoms with Crippen molar-refractivity contribution in [1.29, 1.82) is 0 Å². The molecule has 0 spiro atoms. The van der Waals surface area contributed by atoms with Crippen LogP contribution in [0.25, 0.3) is 0 Å². The summed E-state index contributed by atoms with van der Waals surface area (Å²) in [4.78, 5) is 0. The molecule has 1 atom stereocenters. The van der Waals surface area contributed by atoms with Gasteiger partial charge >= 0.3 is 0 Å². The highest BCUT2D eigenvalue weighted by molar-refractivity contribution is 9.14. The van der Waals surface area contributed by atoms with Crippen LogP contribution in [0.5, 0.6) is 0 Å². The topological polar surface area (TPSA) is 0 Å². The average molecular weight is 232 g/mol. The summed E-state index contributed by atoms with van der Waals surface area (Å²) in [6.07, 6.45) is 1.65. The first kappa shape index (κ1) is 7.63. The van der Waals surface area contributed by atoms with Gasteiger partial charge in [-0.25, -0.2) is 4.39 Å². The van der Waals surface area contributed by atoms with Crippen molar-refractivity contribution in [1.82, 2.24) is 0 Å². The maximum atomic E-state index is 11.9. The van der Waals surface area contributed by atoms with Crippen molar-refractivity contribution < 1.29 is 4.39 Å². The standard InChI is InChI=1S/C4H5Br2F/c1-2-3(5)4(6)7/h2,4H,1H3. The molecule has 0 aromatic carbocycles. The first-order valence-corrected chi connectivity index (χ1v) is 3.49. The lowest BCUT2D eigenvalue weighted by Gasteiger charge is -1.91. The van der Waals surface area contributed by atoms with E-state index >= 15 is 0 Å². The molecule has 0 rings (SSSR count). The van der Waals surface area contributed by atoms with E-state index in [-0.39, 0.29) is 0 Å². The molecule has 0 saturated carbocycles. The zero-order chi connectivity index (χ0) is 5.86. The Kier molecular flexibility index (Phi) is 3.93. The predicted octanol–water partition coefficient (Wildman–Crippen LogP) is 2.98. The van der Waals surface area contributed by atoms with Crippen molar-refractivity contribution in [2.45, 2.75) is 12.0 Å². The molecule has 0 fully saturated rings. The summed E-state index contributed by atoms with van der Waals surface area (Å²) in [5.41, 5.74) is 0. The van der Waals surface area contributed by atoms with Gasteiger partial charge in [-0.15, -0.1) is 0 Å². The maximum absolute atomic E-state index is 11.9. The molecule has 0 N–H and O–H groups in total. The Morgan fingerprint density at radius 2 is 2.29 bits per heavy atom. The van der Waals surface area contributed by atoms with Crippen LogP contribution in [-0.2, 0) is 0 Å². The van der Waals surface area contributed by atoms with Crippen LogP contribution in [0.1, 0.15) is 6.92 Å². The van der Waals surface area contributed by atoms with Crippen LogP contribution in [0.3, 0.4) is 0 Å². The van der Waals surface area contributed by atoms with Gasteiger partial charge in [0.1, 0.15) is 0 Å². The van der Waals surface area contributed by atoms with Crippen molar-refractivity contribution in [3.05, 3.63) is 10.6 Å². The Labute approximate surface area is 59.0 Å². The second-order valence-corrected chi connectivity index (χ2v) is 2.69. The molecule has 0 radical (unpaired) electrons. The largest absolute Gasteiger partial charge is 0.229 e. The summed E-state index contributed by atoms with van der Waals surface area (Å²) in [5.74, 6) is 0. The highest BCUT2D eigenvalue weighted by Crippen LogP contribution is 2.18. The van der Waals surface area contributed by atoms with Gasteiger partial charge in [0, 0.05) is 4.48 Å². The quantitative estimate of drug-likeness (QED) is 0.609. The van der Waals surface area contributed by atoms with Crippen molar-refractivity contribution in [3.8, 4) is 0 Å². The second-order valence-electron chi connectivity index (χ2n) is 0.974. The Bertz CT molecular complexity index is 77.8. The Balaban J connectivity index is 3.56. The van der Waals surface area contributed by atoms with Gasteiger partial charge in [-0.1, -0.05) is 22.0 Å². The summed E-state index contributed by atoms with van der Waals surface area (Å²) in [6, 6.07) is 0. The van der Waals surface area contributed by atoms with Crippen LogP contribution in [0, 0.1) is 0 Å². The number of halogens is 3. The number of hydrogen-bond acceptors (Lipinski definition) is 0. The molecule has 42 valence electrons. The summed E-state index contributed by atoms with van der Waals surface area (Å²) in [6.45, 7) is 1.76. The number of allylic oxidation sites excluding steroid dienone is 2. The van der Waals surface area contributed by atoms with E-state index in [0.29, 0.717) is 4.48 Å². The predicted molar refractivity (Wildman–Crippen MR) is 36.5 cm³/mol. The summed E-state index contributed by atoms with van der Waals surface area (Å²) < 4.78 is 12.4. The zero-order valence-electron chi connectivity index (χ0n) is 3.79. The lowest BCUT2D eigenvalue weighted by Crippen LogP contribution is -1.82. The van der Waals surface area contributed by atoms with E-state index < -0.39 is 5.08 Å². The molecule has 0 aliphatic carbocycles. The third-order valence-electron chi connectivity index (χ3n) is 0.484. The highest BCUT2D eigenvalue weighted by atomic mass is 79.9.